The fourth-order valence-corrected chi connectivity index (χ4v) is 1.72. The Morgan fingerprint density at radius 2 is 2.14 bits per heavy atom. The van der Waals surface area contributed by atoms with Crippen LogP contribution in [0.15, 0.2) is 0 Å². The van der Waals surface area contributed by atoms with E-state index in [0.29, 0.717) is 11.6 Å². The maximum absolute atomic E-state index is 13.5. The molecule has 0 saturated heterocycles. The van der Waals surface area contributed by atoms with Crippen LogP contribution in [0.5, 0.6) is 0 Å². The van der Waals surface area contributed by atoms with Crippen molar-refractivity contribution < 1.29 is 4.39 Å². The molecule has 0 bridgehead atoms. The summed E-state index contributed by atoms with van der Waals surface area (Å²) in [5, 5.41) is 6.37. The summed E-state index contributed by atoms with van der Waals surface area (Å²) in [5.74, 6) is 0.174. The second-order valence-corrected chi connectivity index (χ2v) is 3.98. The summed E-state index contributed by atoms with van der Waals surface area (Å²) in [6, 6.07) is 0. The van der Waals surface area contributed by atoms with Crippen molar-refractivity contribution in [3.63, 3.8) is 0 Å². The Bertz CT molecular complexity index is 294. The number of anilines is 1. The summed E-state index contributed by atoms with van der Waals surface area (Å²) in [6.07, 6.45) is 1.98. The molecule has 0 fully saturated rings. The number of aromatic amines is 1. The topological polar surface area (TPSA) is 54.7 Å². The van der Waals surface area contributed by atoms with Gasteiger partial charge in [0, 0.05) is 5.92 Å². The SMILES string of the molecule is CCCC(c1[nH]nc(N)c1F)C(C)C. The molecule has 3 nitrogen and oxygen atoms in total. The number of nitrogen functional groups attached to an aromatic ring is 1. The summed E-state index contributed by atoms with van der Waals surface area (Å²) in [6.45, 7) is 6.25. The van der Waals surface area contributed by atoms with E-state index in [-0.39, 0.29) is 17.6 Å². The largest absolute Gasteiger partial charge is 0.380 e. The maximum Gasteiger partial charge on any atom is 0.188 e. The quantitative estimate of drug-likeness (QED) is 0.783. The van der Waals surface area contributed by atoms with Crippen LogP contribution >= 0.6 is 0 Å². The average molecular weight is 199 g/mol. The summed E-state index contributed by atoms with van der Waals surface area (Å²) < 4.78 is 13.5. The minimum absolute atomic E-state index is 0.0262. The van der Waals surface area contributed by atoms with Gasteiger partial charge in [-0.15, -0.1) is 0 Å². The molecule has 4 heteroatoms. The van der Waals surface area contributed by atoms with Crippen LogP contribution in [0.1, 0.15) is 45.2 Å². The molecule has 0 aliphatic carbocycles. The molecule has 0 aliphatic rings. The molecule has 14 heavy (non-hydrogen) atoms. The molecular weight excluding hydrogens is 181 g/mol. The Hall–Kier alpha value is -1.06. The van der Waals surface area contributed by atoms with Gasteiger partial charge in [-0.2, -0.15) is 5.10 Å². The molecule has 1 atom stereocenters. The number of nitrogens with one attached hydrogen (secondary N) is 1. The highest BCUT2D eigenvalue weighted by molar-refractivity contribution is 5.33. The first kappa shape index (κ1) is 11.0. The number of aromatic nitrogens is 2. The standard InChI is InChI=1S/C10H18FN3/c1-4-5-7(6(2)3)9-8(11)10(12)14-13-9/h6-7H,4-5H2,1-3H3,(H3,12,13,14). The molecule has 0 amide bonds. The highest BCUT2D eigenvalue weighted by atomic mass is 19.1. The lowest BCUT2D eigenvalue weighted by molar-refractivity contribution is 0.435. The van der Waals surface area contributed by atoms with Crippen LogP contribution in [0.25, 0.3) is 0 Å². The number of nitrogens with zero attached hydrogens (tertiary/aromatic N) is 1. The Labute approximate surface area is 83.9 Å². The van der Waals surface area contributed by atoms with Crippen LogP contribution in [-0.2, 0) is 0 Å². The van der Waals surface area contributed by atoms with Gasteiger partial charge in [-0.3, -0.25) is 5.10 Å². The second-order valence-electron chi connectivity index (χ2n) is 3.98. The third-order valence-corrected chi connectivity index (χ3v) is 2.53. The lowest BCUT2D eigenvalue weighted by Gasteiger charge is -2.18. The van der Waals surface area contributed by atoms with Crippen LogP contribution in [0.2, 0.25) is 0 Å². The zero-order valence-corrected chi connectivity index (χ0v) is 8.97. The van der Waals surface area contributed by atoms with Crippen LogP contribution < -0.4 is 5.73 Å². The number of nitrogens with two attached hydrogens (primary N) is 1. The summed E-state index contributed by atoms with van der Waals surface area (Å²) in [4.78, 5) is 0. The smallest absolute Gasteiger partial charge is 0.188 e. The molecule has 80 valence electrons. The van der Waals surface area contributed by atoms with Gasteiger partial charge in [0.15, 0.2) is 11.6 Å². The summed E-state index contributed by atoms with van der Waals surface area (Å²) in [5.41, 5.74) is 5.91. The summed E-state index contributed by atoms with van der Waals surface area (Å²) >= 11 is 0. The van der Waals surface area contributed by atoms with Crippen molar-refractivity contribution in [2.45, 2.75) is 39.5 Å². The van der Waals surface area contributed by atoms with E-state index in [4.69, 9.17) is 5.73 Å². The summed E-state index contributed by atoms with van der Waals surface area (Å²) in [7, 11) is 0. The van der Waals surface area contributed by atoms with Crippen LogP contribution in [-0.4, -0.2) is 10.2 Å². The molecular formula is C10H18FN3. The Morgan fingerprint density at radius 3 is 2.50 bits per heavy atom. The van der Waals surface area contributed by atoms with Gasteiger partial charge in [-0.05, 0) is 12.3 Å². The van der Waals surface area contributed by atoms with E-state index >= 15 is 0 Å². The number of rotatable bonds is 4. The fraction of sp³-hybridized carbons (Fsp3) is 0.700. The molecule has 0 radical (unpaired) electrons. The van der Waals surface area contributed by atoms with Gasteiger partial charge >= 0.3 is 0 Å². The van der Waals surface area contributed by atoms with Crippen molar-refractivity contribution in [3.8, 4) is 0 Å². The normalized spacial score (nSPS) is 13.5. The molecule has 1 rings (SSSR count). The van der Waals surface area contributed by atoms with Crippen molar-refractivity contribution in [2.24, 2.45) is 5.92 Å². The monoisotopic (exact) mass is 199 g/mol. The molecule has 3 N–H and O–H groups in total. The average Bonchev–Trinajstić information content (AvgIpc) is 2.44. The van der Waals surface area contributed by atoms with Crippen molar-refractivity contribution in [3.05, 3.63) is 11.5 Å². The highest BCUT2D eigenvalue weighted by Gasteiger charge is 2.22. The van der Waals surface area contributed by atoms with Gasteiger partial charge < -0.3 is 5.73 Å². The zero-order chi connectivity index (χ0) is 10.7. The number of halogens is 1. The van der Waals surface area contributed by atoms with Crippen molar-refractivity contribution in [1.82, 2.24) is 10.2 Å². The lowest BCUT2D eigenvalue weighted by atomic mass is 9.88. The third kappa shape index (κ3) is 2.05. The van der Waals surface area contributed by atoms with E-state index in [2.05, 4.69) is 31.0 Å². The molecule has 1 heterocycles. The Kier molecular flexibility index (Phi) is 3.49. The fourth-order valence-electron chi connectivity index (χ4n) is 1.72. The number of hydrogen-bond acceptors (Lipinski definition) is 2. The van der Waals surface area contributed by atoms with E-state index < -0.39 is 0 Å². The van der Waals surface area contributed by atoms with Crippen molar-refractivity contribution >= 4 is 5.82 Å². The second kappa shape index (κ2) is 4.44. The molecule has 1 aromatic heterocycles. The number of H-pyrrole nitrogens is 1. The van der Waals surface area contributed by atoms with Gasteiger partial charge in [-0.25, -0.2) is 4.39 Å². The first-order chi connectivity index (χ1) is 6.57. The first-order valence-electron chi connectivity index (χ1n) is 5.07. The predicted octanol–water partition coefficient (Wildman–Crippen LogP) is 2.67. The van der Waals surface area contributed by atoms with Crippen LogP contribution in [0, 0.1) is 11.7 Å². The van der Waals surface area contributed by atoms with Crippen molar-refractivity contribution in [2.75, 3.05) is 5.73 Å². The highest BCUT2D eigenvalue weighted by Crippen LogP contribution is 2.30. The van der Waals surface area contributed by atoms with E-state index in [1.807, 2.05) is 0 Å². The predicted molar refractivity (Wildman–Crippen MR) is 55.4 cm³/mol. The Balaban J connectivity index is 2.93. The molecule has 0 aromatic carbocycles. The van der Waals surface area contributed by atoms with Crippen LogP contribution in [0.3, 0.4) is 0 Å². The van der Waals surface area contributed by atoms with E-state index in [1.54, 1.807) is 0 Å². The maximum atomic E-state index is 13.5. The Morgan fingerprint density at radius 1 is 1.50 bits per heavy atom. The van der Waals surface area contributed by atoms with Gasteiger partial charge in [0.05, 0.1) is 5.69 Å². The van der Waals surface area contributed by atoms with E-state index in [1.165, 1.54) is 0 Å². The van der Waals surface area contributed by atoms with E-state index in [9.17, 15) is 4.39 Å². The lowest BCUT2D eigenvalue weighted by Crippen LogP contribution is -2.09. The molecule has 0 spiro atoms. The van der Waals surface area contributed by atoms with E-state index in [0.717, 1.165) is 12.8 Å². The van der Waals surface area contributed by atoms with Gasteiger partial charge in [0.1, 0.15) is 0 Å². The number of hydrogen-bond donors (Lipinski definition) is 2. The van der Waals surface area contributed by atoms with Gasteiger partial charge in [0.2, 0.25) is 0 Å². The van der Waals surface area contributed by atoms with Gasteiger partial charge in [0.25, 0.3) is 0 Å². The van der Waals surface area contributed by atoms with Crippen molar-refractivity contribution in [1.29, 1.82) is 0 Å². The van der Waals surface area contributed by atoms with Crippen LogP contribution in [0.4, 0.5) is 10.2 Å². The first-order valence-corrected chi connectivity index (χ1v) is 5.07. The molecule has 0 aliphatic heterocycles. The molecule has 0 saturated carbocycles. The molecule has 1 unspecified atom stereocenters. The molecule has 1 aromatic rings. The zero-order valence-electron chi connectivity index (χ0n) is 8.97. The third-order valence-electron chi connectivity index (χ3n) is 2.53. The van der Waals surface area contributed by atoms with Gasteiger partial charge in [-0.1, -0.05) is 27.2 Å². The minimum atomic E-state index is -0.378. The minimum Gasteiger partial charge on any atom is -0.380 e.